The zero-order chi connectivity index (χ0) is 11.6. The molecule has 1 aromatic rings. The lowest BCUT2D eigenvalue weighted by atomic mass is 10.3. The molecule has 1 aromatic carbocycles. The normalized spacial score (nSPS) is 12.4. The van der Waals surface area contributed by atoms with Crippen LogP contribution in [0, 0.1) is 6.07 Å². The van der Waals surface area contributed by atoms with Crippen molar-refractivity contribution < 1.29 is 19.3 Å². The highest BCUT2D eigenvalue weighted by molar-refractivity contribution is 5.20. The lowest BCUT2D eigenvalue weighted by Gasteiger charge is -2.08. The predicted octanol–water partition coefficient (Wildman–Crippen LogP) is 1.24. The molecule has 0 spiro atoms. The van der Waals surface area contributed by atoms with Crippen molar-refractivity contribution in [2.75, 3.05) is 26.4 Å². The van der Waals surface area contributed by atoms with Gasteiger partial charge in [-0.25, -0.2) is 0 Å². The third-order valence-corrected chi connectivity index (χ3v) is 1.77. The van der Waals surface area contributed by atoms with Gasteiger partial charge >= 0.3 is 0 Å². The number of hydrogen-bond acceptors (Lipinski definition) is 4. The van der Waals surface area contributed by atoms with Gasteiger partial charge in [-0.05, 0) is 25.1 Å². The first-order valence-electron chi connectivity index (χ1n) is 5.25. The van der Waals surface area contributed by atoms with Crippen molar-refractivity contribution in [3.05, 3.63) is 30.3 Å². The van der Waals surface area contributed by atoms with Crippen LogP contribution in [0.5, 0.6) is 5.75 Å². The van der Waals surface area contributed by atoms with E-state index < -0.39 is 6.29 Å². The first-order valence-corrected chi connectivity index (χ1v) is 5.25. The Bertz CT molecular complexity index is 261. The van der Waals surface area contributed by atoms with E-state index >= 15 is 0 Å². The maximum absolute atomic E-state index is 8.80. The van der Waals surface area contributed by atoms with Crippen molar-refractivity contribution >= 4 is 0 Å². The zero-order valence-corrected chi connectivity index (χ0v) is 9.39. The molecule has 0 aliphatic carbocycles. The van der Waals surface area contributed by atoms with Gasteiger partial charge in [-0.1, -0.05) is 12.1 Å². The summed E-state index contributed by atoms with van der Waals surface area (Å²) in [6.45, 7) is 3.41. The second kappa shape index (κ2) is 8.10. The van der Waals surface area contributed by atoms with Crippen LogP contribution in [0.2, 0.25) is 0 Å². The van der Waals surface area contributed by atoms with Crippen molar-refractivity contribution in [3.8, 4) is 5.75 Å². The number of rotatable bonds is 8. The molecule has 0 heterocycles. The zero-order valence-electron chi connectivity index (χ0n) is 9.39. The van der Waals surface area contributed by atoms with E-state index in [0.717, 1.165) is 5.75 Å². The molecule has 0 fully saturated rings. The van der Waals surface area contributed by atoms with Crippen LogP contribution in [0.25, 0.3) is 0 Å². The van der Waals surface area contributed by atoms with Gasteiger partial charge in [0.15, 0.2) is 6.29 Å². The van der Waals surface area contributed by atoms with Crippen molar-refractivity contribution in [3.63, 3.8) is 0 Å². The average Bonchev–Trinajstić information content (AvgIpc) is 2.29. The standard InChI is InChI=1S/C12H17O4/c1-11(13)15-9-7-14-8-10-16-12-5-3-2-4-6-12/h3-6,11,13H,7-10H2,1H3. The molecule has 1 radical (unpaired) electrons. The quantitative estimate of drug-likeness (QED) is 0.534. The summed E-state index contributed by atoms with van der Waals surface area (Å²) in [5.41, 5.74) is 0. The summed E-state index contributed by atoms with van der Waals surface area (Å²) in [6.07, 6.45) is -0.736. The van der Waals surface area contributed by atoms with Gasteiger partial charge in [-0.2, -0.15) is 0 Å². The highest BCUT2D eigenvalue weighted by Crippen LogP contribution is 2.07. The van der Waals surface area contributed by atoms with Crippen LogP contribution in [0.15, 0.2) is 24.3 Å². The largest absolute Gasteiger partial charge is 0.491 e. The maximum atomic E-state index is 8.80. The van der Waals surface area contributed by atoms with E-state index in [4.69, 9.17) is 19.3 Å². The number of benzene rings is 1. The number of hydrogen-bond donors (Lipinski definition) is 1. The molecule has 1 unspecified atom stereocenters. The Morgan fingerprint density at radius 3 is 2.56 bits per heavy atom. The molecule has 1 rings (SSSR count). The Balaban J connectivity index is 1.93. The molecule has 0 saturated carbocycles. The fraction of sp³-hybridized carbons (Fsp3) is 0.500. The predicted molar refractivity (Wildman–Crippen MR) is 59.2 cm³/mol. The summed E-state index contributed by atoms with van der Waals surface area (Å²) in [5, 5.41) is 8.80. The van der Waals surface area contributed by atoms with Gasteiger partial charge in [0, 0.05) is 0 Å². The van der Waals surface area contributed by atoms with E-state index in [9.17, 15) is 0 Å². The molecular weight excluding hydrogens is 208 g/mol. The Morgan fingerprint density at radius 2 is 1.88 bits per heavy atom. The van der Waals surface area contributed by atoms with Crippen LogP contribution in [0.1, 0.15) is 6.92 Å². The van der Waals surface area contributed by atoms with Gasteiger partial charge in [0.2, 0.25) is 0 Å². The minimum Gasteiger partial charge on any atom is -0.491 e. The van der Waals surface area contributed by atoms with E-state index in [-0.39, 0.29) is 0 Å². The molecule has 0 aliphatic rings. The molecule has 0 amide bonds. The molecule has 0 saturated heterocycles. The van der Waals surface area contributed by atoms with Crippen LogP contribution in [0.4, 0.5) is 0 Å². The van der Waals surface area contributed by atoms with Gasteiger partial charge in [0.1, 0.15) is 12.4 Å². The topological polar surface area (TPSA) is 47.9 Å². The third kappa shape index (κ3) is 6.40. The summed E-state index contributed by atoms with van der Waals surface area (Å²) in [5.74, 6) is 0.808. The second-order valence-corrected chi connectivity index (χ2v) is 3.17. The average molecular weight is 225 g/mol. The van der Waals surface area contributed by atoms with Crippen LogP contribution >= 0.6 is 0 Å². The Hall–Kier alpha value is -1.10. The smallest absolute Gasteiger partial charge is 0.151 e. The van der Waals surface area contributed by atoms with Crippen molar-refractivity contribution in [2.45, 2.75) is 13.2 Å². The molecule has 0 aromatic heterocycles. The summed E-state index contributed by atoms with van der Waals surface area (Å²) >= 11 is 0. The highest BCUT2D eigenvalue weighted by atomic mass is 16.6. The highest BCUT2D eigenvalue weighted by Gasteiger charge is 1.95. The molecule has 4 nitrogen and oxygen atoms in total. The Morgan fingerprint density at radius 1 is 1.19 bits per heavy atom. The third-order valence-electron chi connectivity index (χ3n) is 1.77. The summed E-state index contributed by atoms with van der Waals surface area (Å²) in [4.78, 5) is 0. The van der Waals surface area contributed by atoms with Gasteiger partial charge in [0.25, 0.3) is 0 Å². The lowest BCUT2D eigenvalue weighted by Crippen LogP contribution is -2.14. The molecule has 89 valence electrons. The SMILES string of the molecule is CC(O)OCCOCCOc1cc[c]cc1. The van der Waals surface area contributed by atoms with Gasteiger partial charge in [-0.3, -0.25) is 0 Å². The molecule has 1 N–H and O–H groups in total. The second-order valence-electron chi connectivity index (χ2n) is 3.17. The van der Waals surface area contributed by atoms with Crippen LogP contribution < -0.4 is 4.74 Å². The van der Waals surface area contributed by atoms with E-state index in [0.29, 0.717) is 26.4 Å². The van der Waals surface area contributed by atoms with Gasteiger partial charge in [-0.15, -0.1) is 0 Å². The monoisotopic (exact) mass is 225 g/mol. The van der Waals surface area contributed by atoms with E-state index in [1.807, 2.05) is 12.1 Å². The number of aliphatic hydroxyl groups excluding tert-OH is 1. The summed E-state index contributed by atoms with van der Waals surface area (Å²) in [7, 11) is 0. The lowest BCUT2D eigenvalue weighted by molar-refractivity contribution is -0.100. The van der Waals surface area contributed by atoms with E-state index in [1.165, 1.54) is 0 Å². The summed E-state index contributed by atoms with van der Waals surface area (Å²) < 4.78 is 15.5. The van der Waals surface area contributed by atoms with Crippen molar-refractivity contribution in [2.24, 2.45) is 0 Å². The fourth-order valence-corrected chi connectivity index (χ4v) is 1.07. The van der Waals surface area contributed by atoms with Crippen LogP contribution in [-0.2, 0) is 9.47 Å². The van der Waals surface area contributed by atoms with Crippen LogP contribution in [0.3, 0.4) is 0 Å². The van der Waals surface area contributed by atoms with Crippen molar-refractivity contribution in [1.82, 2.24) is 0 Å². The first kappa shape index (κ1) is 13.0. The number of ether oxygens (including phenoxy) is 3. The Kier molecular flexibility index (Phi) is 6.56. The first-order chi connectivity index (χ1) is 7.79. The van der Waals surface area contributed by atoms with Gasteiger partial charge in [0.05, 0.1) is 19.8 Å². The number of aliphatic hydroxyl groups is 1. The summed E-state index contributed by atoms with van der Waals surface area (Å²) in [6, 6.07) is 10.2. The minimum atomic E-state index is -0.736. The molecule has 16 heavy (non-hydrogen) atoms. The molecule has 1 atom stereocenters. The fourth-order valence-electron chi connectivity index (χ4n) is 1.07. The molecule has 0 bridgehead atoms. The van der Waals surface area contributed by atoms with Crippen LogP contribution in [-0.4, -0.2) is 37.8 Å². The van der Waals surface area contributed by atoms with Crippen molar-refractivity contribution in [1.29, 1.82) is 0 Å². The Labute approximate surface area is 95.8 Å². The molecular formula is C12H17O4. The molecule has 4 heteroatoms. The minimum absolute atomic E-state index is 0.387. The van der Waals surface area contributed by atoms with E-state index in [2.05, 4.69) is 6.07 Å². The molecule has 0 aliphatic heterocycles. The van der Waals surface area contributed by atoms with Gasteiger partial charge < -0.3 is 19.3 Å². The maximum Gasteiger partial charge on any atom is 0.151 e. The van der Waals surface area contributed by atoms with E-state index in [1.54, 1.807) is 19.1 Å².